The largest absolute Gasteiger partial charge is 0.440 e. The number of aromatic nitrogens is 2. The molecular weight excluding hydrogens is 408 g/mol. The number of allylic oxidation sites excluding steroid dienone is 1. The summed E-state index contributed by atoms with van der Waals surface area (Å²) in [5.41, 5.74) is 5.40. The van der Waals surface area contributed by atoms with E-state index in [1.165, 1.54) is 62.4 Å². The van der Waals surface area contributed by atoms with Gasteiger partial charge in [-0.05, 0) is 37.5 Å². The molecule has 0 unspecified atom stereocenters. The van der Waals surface area contributed by atoms with Crippen LogP contribution in [0.3, 0.4) is 0 Å². The van der Waals surface area contributed by atoms with E-state index in [1.54, 1.807) is 0 Å². The molecule has 0 saturated carbocycles. The first kappa shape index (κ1) is 23.3. The average Bonchev–Trinajstić information content (AvgIpc) is 3.41. The summed E-state index contributed by atoms with van der Waals surface area (Å²) in [6, 6.07) is 14.4. The van der Waals surface area contributed by atoms with Gasteiger partial charge in [-0.25, -0.2) is 4.98 Å². The molecule has 174 valence electrons. The van der Waals surface area contributed by atoms with Gasteiger partial charge in [-0.3, -0.25) is 0 Å². The lowest BCUT2D eigenvalue weighted by Crippen LogP contribution is -2.36. The molecule has 2 aromatic heterocycles. The second kappa shape index (κ2) is 11.8. The van der Waals surface area contributed by atoms with Gasteiger partial charge >= 0.3 is 5.89 Å². The van der Waals surface area contributed by atoms with E-state index < -0.39 is 0 Å². The summed E-state index contributed by atoms with van der Waals surface area (Å²) < 4.78 is 14.6. The van der Waals surface area contributed by atoms with E-state index in [-0.39, 0.29) is 0 Å². The summed E-state index contributed by atoms with van der Waals surface area (Å²) in [6.45, 7) is 5.51. The zero-order valence-corrected chi connectivity index (χ0v) is 20.2. The number of oxazole rings is 2. The third kappa shape index (κ3) is 5.93. The van der Waals surface area contributed by atoms with Crippen LogP contribution in [0.25, 0.3) is 28.3 Å². The van der Waals surface area contributed by atoms with Gasteiger partial charge in [-0.1, -0.05) is 76.3 Å². The molecule has 0 aliphatic heterocycles. The van der Waals surface area contributed by atoms with Crippen molar-refractivity contribution < 1.29 is 13.4 Å². The van der Waals surface area contributed by atoms with Crippen molar-refractivity contribution in [3.05, 3.63) is 65.9 Å². The molecule has 0 aliphatic rings. The molecule has 0 aliphatic carbocycles. The lowest BCUT2D eigenvalue weighted by atomic mass is 10.0. The number of aryl methyl sites for hydroxylation is 2. The number of benzene rings is 2. The molecule has 0 spiro atoms. The molecule has 2 aromatic carbocycles. The van der Waals surface area contributed by atoms with Gasteiger partial charge in [-0.2, -0.15) is 4.57 Å². The minimum atomic E-state index is 0.644. The van der Waals surface area contributed by atoms with Crippen LogP contribution in [0.2, 0.25) is 0 Å². The van der Waals surface area contributed by atoms with Crippen LogP contribution < -0.4 is 4.57 Å². The Labute approximate surface area is 197 Å². The van der Waals surface area contributed by atoms with Crippen molar-refractivity contribution in [3.63, 3.8) is 0 Å². The maximum Gasteiger partial charge on any atom is 0.373 e. The van der Waals surface area contributed by atoms with E-state index >= 15 is 0 Å². The summed E-state index contributed by atoms with van der Waals surface area (Å²) in [6.07, 6.45) is 16.0. The van der Waals surface area contributed by atoms with Crippen LogP contribution in [-0.4, -0.2) is 4.98 Å². The Morgan fingerprint density at radius 2 is 1.61 bits per heavy atom. The summed E-state index contributed by atoms with van der Waals surface area (Å²) >= 11 is 0. The first-order chi connectivity index (χ1) is 16.3. The number of hydrogen-bond donors (Lipinski definition) is 0. The predicted octanol–water partition coefficient (Wildman–Crippen LogP) is 7.82. The molecule has 0 saturated heterocycles. The summed E-state index contributed by atoms with van der Waals surface area (Å²) in [4.78, 5) is 4.59. The van der Waals surface area contributed by atoms with Crippen LogP contribution in [0.15, 0.2) is 57.4 Å². The van der Waals surface area contributed by atoms with Gasteiger partial charge in [0, 0.05) is 24.5 Å². The predicted molar refractivity (Wildman–Crippen MR) is 135 cm³/mol. The Balaban J connectivity index is 1.57. The molecule has 0 bridgehead atoms. The Kier molecular flexibility index (Phi) is 8.35. The van der Waals surface area contributed by atoms with Gasteiger partial charge in [0.05, 0.1) is 0 Å². The topological polar surface area (TPSA) is 43.1 Å². The molecule has 0 radical (unpaired) electrons. The molecule has 2 heterocycles. The summed E-state index contributed by atoms with van der Waals surface area (Å²) in [5.74, 6) is 1.65. The SMILES string of the molecule is CCCCCCc1cccc2oc(C=CCc3nc4ccccc4o3)[n+](CCCCCC)c12. The van der Waals surface area contributed by atoms with Crippen molar-refractivity contribution in [1.82, 2.24) is 4.98 Å². The van der Waals surface area contributed by atoms with Crippen LogP contribution in [0, 0.1) is 0 Å². The lowest BCUT2D eigenvalue weighted by molar-refractivity contribution is -0.678. The van der Waals surface area contributed by atoms with Crippen molar-refractivity contribution in [2.45, 2.75) is 84.6 Å². The summed E-state index contributed by atoms with van der Waals surface area (Å²) in [7, 11) is 0. The fourth-order valence-corrected chi connectivity index (χ4v) is 4.49. The highest BCUT2D eigenvalue weighted by Crippen LogP contribution is 2.22. The second-order valence-corrected chi connectivity index (χ2v) is 8.91. The van der Waals surface area contributed by atoms with Crippen LogP contribution in [0.1, 0.15) is 82.6 Å². The highest BCUT2D eigenvalue weighted by atomic mass is 16.4. The highest BCUT2D eigenvalue weighted by Gasteiger charge is 2.23. The monoisotopic (exact) mass is 445 g/mol. The number of nitrogens with zero attached hydrogens (tertiary/aromatic N) is 2. The minimum Gasteiger partial charge on any atom is -0.440 e. The molecular formula is C29H37N2O2+. The fraction of sp³-hybridized carbons (Fsp3) is 0.448. The van der Waals surface area contributed by atoms with E-state index in [2.05, 4.69) is 53.7 Å². The third-order valence-electron chi connectivity index (χ3n) is 6.26. The molecule has 0 N–H and O–H groups in total. The third-order valence-corrected chi connectivity index (χ3v) is 6.26. The zero-order valence-electron chi connectivity index (χ0n) is 20.2. The number of unbranched alkanes of at least 4 members (excludes halogenated alkanes) is 6. The number of hydrogen-bond acceptors (Lipinski definition) is 3. The van der Waals surface area contributed by atoms with Crippen LogP contribution >= 0.6 is 0 Å². The van der Waals surface area contributed by atoms with E-state index in [0.29, 0.717) is 6.42 Å². The standard InChI is InChI=1S/C29H37N2O2/c1-3-5-7-9-15-23-16-13-19-26-29(23)31(22-12-8-6-4-2)28(33-26)21-14-20-27-30-24-17-10-11-18-25(24)32-27/h10-11,13-14,16-19,21H,3-9,12,15,20,22H2,1-2H3/q+1. The second-order valence-electron chi connectivity index (χ2n) is 8.91. The molecule has 33 heavy (non-hydrogen) atoms. The van der Waals surface area contributed by atoms with Crippen molar-refractivity contribution in [1.29, 1.82) is 0 Å². The van der Waals surface area contributed by atoms with Crippen LogP contribution in [0.4, 0.5) is 0 Å². The molecule has 0 fully saturated rings. The first-order valence-corrected chi connectivity index (χ1v) is 12.8. The van der Waals surface area contributed by atoms with E-state index in [0.717, 1.165) is 41.4 Å². The number of para-hydroxylation sites is 3. The molecule has 0 amide bonds. The van der Waals surface area contributed by atoms with Gasteiger partial charge in [0.15, 0.2) is 18.0 Å². The van der Waals surface area contributed by atoms with Crippen LogP contribution in [0.5, 0.6) is 0 Å². The van der Waals surface area contributed by atoms with Crippen molar-refractivity contribution >= 4 is 28.3 Å². The average molecular weight is 446 g/mol. The van der Waals surface area contributed by atoms with Crippen molar-refractivity contribution in [3.8, 4) is 0 Å². The van der Waals surface area contributed by atoms with Gasteiger partial charge in [0.25, 0.3) is 5.52 Å². The molecule has 0 atom stereocenters. The highest BCUT2D eigenvalue weighted by molar-refractivity contribution is 5.74. The Hall–Kier alpha value is -2.88. The van der Waals surface area contributed by atoms with Gasteiger partial charge in [0.1, 0.15) is 5.52 Å². The quantitative estimate of drug-likeness (QED) is 0.156. The van der Waals surface area contributed by atoms with Gasteiger partial charge in [0.2, 0.25) is 5.58 Å². The van der Waals surface area contributed by atoms with E-state index in [1.807, 2.05) is 24.3 Å². The fourth-order valence-electron chi connectivity index (χ4n) is 4.49. The van der Waals surface area contributed by atoms with E-state index in [4.69, 9.17) is 8.83 Å². The Bertz CT molecular complexity index is 1150. The Morgan fingerprint density at radius 1 is 0.818 bits per heavy atom. The minimum absolute atomic E-state index is 0.644. The molecule has 4 rings (SSSR count). The van der Waals surface area contributed by atoms with Gasteiger partial charge in [-0.15, -0.1) is 0 Å². The number of rotatable bonds is 13. The summed E-state index contributed by atoms with van der Waals surface area (Å²) in [5, 5.41) is 0. The smallest absolute Gasteiger partial charge is 0.373 e. The molecule has 4 heteroatoms. The molecule has 4 aromatic rings. The molecule has 4 nitrogen and oxygen atoms in total. The van der Waals surface area contributed by atoms with Gasteiger partial charge < -0.3 is 8.83 Å². The van der Waals surface area contributed by atoms with E-state index in [9.17, 15) is 0 Å². The Morgan fingerprint density at radius 3 is 2.42 bits per heavy atom. The maximum absolute atomic E-state index is 6.35. The lowest BCUT2D eigenvalue weighted by Gasteiger charge is -2.02. The van der Waals surface area contributed by atoms with Crippen molar-refractivity contribution in [2.24, 2.45) is 0 Å². The zero-order chi connectivity index (χ0) is 22.9. The van der Waals surface area contributed by atoms with Crippen molar-refractivity contribution in [2.75, 3.05) is 0 Å². The normalized spacial score (nSPS) is 11.9. The number of fused-ring (bicyclic) bond motifs is 2. The first-order valence-electron chi connectivity index (χ1n) is 12.8. The van der Waals surface area contributed by atoms with Crippen LogP contribution in [-0.2, 0) is 19.4 Å². The maximum atomic E-state index is 6.35.